The Hall–Kier alpha value is -2.73. The predicted molar refractivity (Wildman–Crippen MR) is 127 cm³/mol. The van der Waals surface area contributed by atoms with Crippen LogP contribution in [0, 0.1) is 11.8 Å². The predicted octanol–water partition coefficient (Wildman–Crippen LogP) is -1.05. The zero-order valence-corrected chi connectivity index (χ0v) is 20.6. The molecule has 0 fully saturated rings. The van der Waals surface area contributed by atoms with Gasteiger partial charge in [-0.2, -0.15) is 0 Å². The van der Waals surface area contributed by atoms with Crippen molar-refractivity contribution < 1.29 is 29.1 Å². The Balaban J connectivity index is 5.57. The van der Waals surface area contributed by atoms with E-state index < -0.39 is 53.8 Å². The first kappa shape index (κ1) is 31.3. The van der Waals surface area contributed by atoms with E-state index in [1.165, 1.54) is 0 Å². The van der Waals surface area contributed by atoms with Crippen molar-refractivity contribution in [1.82, 2.24) is 16.0 Å². The van der Waals surface area contributed by atoms with Gasteiger partial charge in [0.15, 0.2) is 0 Å². The monoisotopic (exact) mass is 486 g/mol. The third-order valence-corrected chi connectivity index (χ3v) is 5.45. The topological polar surface area (TPSA) is 220 Å². The van der Waals surface area contributed by atoms with Gasteiger partial charge in [-0.25, -0.2) is 4.79 Å². The average Bonchev–Trinajstić information content (AvgIpc) is 2.74. The number of unbranched alkanes of at least 4 members (excludes halogenated alkanes) is 1. The molecule has 0 aliphatic carbocycles. The van der Waals surface area contributed by atoms with Gasteiger partial charge in [-0.15, -0.1) is 0 Å². The lowest BCUT2D eigenvalue weighted by molar-refractivity contribution is -0.143. The fraction of sp³-hybridized carbons (Fsp3) is 0.773. The molecule has 34 heavy (non-hydrogen) atoms. The molecular weight excluding hydrogens is 444 g/mol. The summed E-state index contributed by atoms with van der Waals surface area (Å²) in [5.41, 5.74) is 16.3. The van der Waals surface area contributed by atoms with E-state index in [1.54, 1.807) is 6.92 Å². The summed E-state index contributed by atoms with van der Waals surface area (Å²) < 4.78 is 0. The molecular formula is C22H42N6O6. The highest BCUT2D eigenvalue weighted by Gasteiger charge is 2.32. The molecule has 0 aliphatic heterocycles. The summed E-state index contributed by atoms with van der Waals surface area (Å²) in [5.74, 6) is -4.15. The minimum absolute atomic E-state index is 0.0322. The maximum absolute atomic E-state index is 13.1. The molecule has 0 saturated carbocycles. The Morgan fingerprint density at radius 2 is 1.47 bits per heavy atom. The highest BCUT2D eigenvalue weighted by atomic mass is 16.4. The maximum atomic E-state index is 13.1. The number of carbonyl (C=O) groups is 5. The van der Waals surface area contributed by atoms with Gasteiger partial charge in [0, 0.05) is 0 Å². The zero-order chi connectivity index (χ0) is 26.4. The molecule has 5 unspecified atom stereocenters. The minimum Gasteiger partial charge on any atom is -0.480 e. The van der Waals surface area contributed by atoms with Crippen LogP contribution in [-0.4, -0.2) is 65.4 Å². The fourth-order valence-corrected chi connectivity index (χ4v) is 3.26. The SMILES string of the molecule is CCC(C)C(NC(=O)C(CCCCN)NC(=O)C(N)CC(N)=O)C(=O)NC(CC(C)C)C(=O)O. The molecule has 0 heterocycles. The lowest BCUT2D eigenvalue weighted by Gasteiger charge is -2.28. The van der Waals surface area contributed by atoms with Gasteiger partial charge in [0.1, 0.15) is 18.1 Å². The number of nitrogens with two attached hydrogens (primary N) is 3. The van der Waals surface area contributed by atoms with Crippen molar-refractivity contribution in [2.75, 3.05) is 6.54 Å². The van der Waals surface area contributed by atoms with Crippen molar-refractivity contribution in [2.45, 2.75) is 90.4 Å². The van der Waals surface area contributed by atoms with E-state index in [2.05, 4.69) is 16.0 Å². The second-order valence-electron chi connectivity index (χ2n) is 9.02. The van der Waals surface area contributed by atoms with E-state index in [-0.39, 0.29) is 31.1 Å². The van der Waals surface area contributed by atoms with E-state index in [0.29, 0.717) is 25.8 Å². The van der Waals surface area contributed by atoms with E-state index >= 15 is 0 Å². The summed E-state index contributed by atoms with van der Waals surface area (Å²) >= 11 is 0. The first-order valence-corrected chi connectivity index (χ1v) is 11.7. The van der Waals surface area contributed by atoms with Gasteiger partial charge in [-0.1, -0.05) is 34.1 Å². The van der Waals surface area contributed by atoms with Crippen molar-refractivity contribution in [3.05, 3.63) is 0 Å². The quantitative estimate of drug-likeness (QED) is 0.125. The molecule has 0 rings (SSSR count). The molecule has 4 amide bonds. The lowest BCUT2D eigenvalue weighted by Crippen LogP contribution is -2.58. The Morgan fingerprint density at radius 3 is 1.94 bits per heavy atom. The van der Waals surface area contributed by atoms with Crippen molar-refractivity contribution >= 4 is 29.6 Å². The normalized spacial score (nSPS) is 15.5. The van der Waals surface area contributed by atoms with E-state index in [4.69, 9.17) is 17.2 Å². The Bertz CT molecular complexity index is 701. The van der Waals surface area contributed by atoms with Crippen LogP contribution >= 0.6 is 0 Å². The van der Waals surface area contributed by atoms with Crippen LogP contribution in [0.1, 0.15) is 66.2 Å². The van der Waals surface area contributed by atoms with Crippen LogP contribution in [0.3, 0.4) is 0 Å². The first-order chi connectivity index (χ1) is 15.8. The van der Waals surface area contributed by atoms with Crippen LogP contribution in [0.5, 0.6) is 0 Å². The number of primary amides is 1. The number of aliphatic carboxylic acids is 1. The second-order valence-corrected chi connectivity index (χ2v) is 9.02. The number of amides is 4. The third kappa shape index (κ3) is 11.9. The maximum Gasteiger partial charge on any atom is 0.326 e. The highest BCUT2D eigenvalue weighted by molar-refractivity contribution is 5.95. The molecule has 0 aromatic rings. The second kappa shape index (κ2) is 16.0. The van der Waals surface area contributed by atoms with Crippen LogP contribution < -0.4 is 33.2 Å². The van der Waals surface area contributed by atoms with Crippen LogP contribution in [-0.2, 0) is 24.0 Å². The molecule has 12 nitrogen and oxygen atoms in total. The Labute approximate surface area is 201 Å². The van der Waals surface area contributed by atoms with Gasteiger partial charge < -0.3 is 38.3 Å². The molecule has 0 bridgehead atoms. The molecule has 0 saturated heterocycles. The molecule has 12 heteroatoms. The van der Waals surface area contributed by atoms with Crippen LogP contribution in [0.25, 0.3) is 0 Å². The largest absolute Gasteiger partial charge is 0.480 e. The molecule has 0 aliphatic rings. The van der Waals surface area contributed by atoms with E-state index in [1.807, 2.05) is 20.8 Å². The third-order valence-electron chi connectivity index (χ3n) is 5.45. The van der Waals surface area contributed by atoms with Gasteiger partial charge >= 0.3 is 5.97 Å². The average molecular weight is 487 g/mol. The van der Waals surface area contributed by atoms with Crippen molar-refractivity contribution in [3.8, 4) is 0 Å². The van der Waals surface area contributed by atoms with Crippen LogP contribution in [0.4, 0.5) is 0 Å². The number of hydrogen-bond donors (Lipinski definition) is 7. The summed E-state index contributed by atoms with van der Waals surface area (Å²) in [6.07, 6.45) is 1.75. The highest BCUT2D eigenvalue weighted by Crippen LogP contribution is 2.12. The molecule has 196 valence electrons. The molecule has 0 aromatic carbocycles. The van der Waals surface area contributed by atoms with Crippen LogP contribution in [0.15, 0.2) is 0 Å². The van der Waals surface area contributed by atoms with Crippen molar-refractivity contribution in [1.29, 1.82) is 0 Å². The summed E-state index contributed by atoms with van der Waals surface area (Å²) in [4.78, 5) is 61.0. The fourth-order valence-electron chi connectivity index (χ4n) is 3.26. The molecule has 0 aromatic heterocycles. The lowest BCUT2D eigenvalue weighted by atomic mass is 9.96. The Morgan fingerprint density at radius 1 is 0.882 bits per heavy atom. The number of rotatable bonds is 17. The molecule has 5 atom stereocenters. The van der Waals surface area contributed by atoms with Gasteiger partial charge in [0.25, 0.3) is 0 Å². The number of nitrogens with one attached hydrogen (secondary N) is 3. The van der Waals surface area contributed by atoms with E-state index in [9.17, 15) is 29.1 Å². The molecule has 10 N–H and O–H groups in total. The van der Waals surface area contributed by atoms with Crippen molar-refractivity contribution in [2.24, 2.45) is 29.0 Å². The summed E-state index contributed by atoms with van der Waals surface area (Å²) in [6.45, 7) is 7.67. The summed E-state index contributed by atoms with van der Waals surface area (Å²) in [7, 11) is 0. The smallest absolute Gasteiger partial charge is 0.326 e. The standard InChI is InChI=1S/C22H42N6O6/c1-5-13(4)18(21(32)27-16(22(33)34)10-12(2)3)28-20(31)15(8-6-7-9-23)26-19(30)14(24)11-17(25)29/h12-16,18H,5-11,23-24H2,1-4H3,(H2,25,29)(H,26,30)(H,27,32)(H,28,31)(H,33,34). The minimum atomic E-state index is -1.22. The number of carboxylic acid groups (broad SMARTS) is 1. The number of carboxylic acids is 1. The number of carbonyl (C=O) groups excluding carboxylic acids is 4. The van der Waals surface area contributed by atoms with Gasteiger partial charge in [-0.05, 0) is 44.1 Å². The van der Waals surface area contributed by atoms with Gasteiger partial charge in [0.2, 0.25) is 23.6 Å². The zero-order valence-electron chi connectivity index (χ0n) is 20.6. The Kier molecular flexibility index (Phi) is 14.7. The van der Waals surface area contributed by atoms with Crippen LogP contribution in [0.2, 0.25) is 0 Å². The van der Waals surface area contributed by atoms with Gasteiger partial charge in [-0.3, -0.25) is 19.2 Å². The van der Waals surface area contributed by atoms with E-state index in [0.717, 1.165) is 0 Å². The van der Waals surface area contributed by atoms with Gasteiger partial charge in [0.05, 0.1) is 12.5 Å². The van der Waals surface area contributed by atoms with Crippen molar-refractivity contribution in [3.63, 3.8) is 0 Å². The first-order valence-electron chi connectivity index (χ1n) is 11.7. The molecule has 0 spiro atoms. The number of hydrogen-bond acceptors (Lipinski definition) is 7. The molecule has 0 radical (unpaired) electrons. The summed E-state index contributed by atoms with van der Waals surface area (Å²) in [5, 5.41) is 17.1. The summed E-state index contributed by atoms with van der Waals surface area (Å²) in [6, 6.07) is -4.35.